The maximum Gasteiger partial charge on any atom is 0.258 e. The number of nitrogens with one attached hydrogen (secondary N) is 2. The zero-order chi connectivity index (χ0) is 19.8. The SMILES string of the molecule is COc1ccc(/C=C/C(=O)Nc2ccccc2C(=O)Nc2ccccn2)cc1. The Morgan fingerprint density at radius 3 is 2.39 bits per heavy atom. The zero-order valence-corrected chi connectivity index (χ0v) is 15.3. The van der Waals surface area contributed by atoms with Gasteiger partial charge in [0, 0.05) is 12.3 Å². The average Bonchev–Trinajstić information content (AvgIpc) is 2.73. The van der Waals surface area contributed by atoms with Gasteiger partial charge in [-0.3, -0.25) is 9.59 Å². The second-order valence-electron chi connectivity index (χ2n) is 5.81. The van der Waals surface area contributed by atoms with Crippen LogP contribution in [0.5, 0.6) is 5.75 Å². The standard InChI is InChI=1S/C22H19N3O3/c1-28-17-12-9-16(10-13-17)11-14-21(26)24-19-7-3-2-6-18(19)22(27)25-20-8-4-5-15-23-20/h2-15H,1H3,(H,24,26)(H,23,25,27)/b14-11+. The molecule has 3 rings (SSSR count). The van der Waals surface area contributed by atoms with E-state index in [2.05, 4.69) is 15.6 Å². The predicted octanol–water partition coefficient (Wildman–Crippen LogP) is 3.99. The number of hydrogen-bond donors (Lipinski definition) is 2. The molecule has 1 aromatic heterocycles. The van der Waals surface area contributed by atoms with E-state index in [4.69, 9.17) is 4.74 Å². The monoisotopic (exact) mass is 373 g/mol. The van der Waals surface area contributed by atoms with Gasteiger partial charge in [-0.25, -0.2) is 4.98 Å². The van der Waals surface area contributed by atoms with Crippen LogP contribution in [-0.2, 0) is 4.79 Å². The Hall–Kier alpha value is -3.93. The number of ether oxygens (including phenoxy) is 1. The summed E-state index contributed by atoms with van der Waals surface area (Å²) in [4.78, 5) is 28.9. The van der Waals surface area contributed by atoms with E-state index in [-0.39, 0.29) is 11.8 Å². The van der Waals surface area contributed by atoms with Crippen molar-refractivity contribution in [1.82, 2.24) is 4.98 Å². The number of amides is 2. The molecule has 0 atom stereocenters. The number of nitrogens with zero attached hydrogens (tertiary/aromatic N) is 1. The molecule has 0 saturated carbocycles. The fourth-order valence-electron chi connectivity index (χ4n) is 2.47. The van der Waals surface area contributed by atoms with Crippen molar-refractivity contribution in [3.63, 3.8) is 0 Å². The minimum Gasteiger partial charge on any atom is -0.497 e. The fraction of sp³-hybridized carbons (Fsp3) is 0.0455. The van der Waals surface area contributed by atoms with Gasteiger partial charge in [-0.05, 0) is 48.0 Å². The lowest BCUT2D eigenvalue weighted by Gasteiger charge is -2.10. The first-order valence-electron chi connectivity index (χ1n) is 8.60. The number of methoxy groups -OCH3 is 1. The highest BCUT2D eigenvalue weighted by Gasteiger charge is 2.12. The molecular formula is C22H19N3O3. The van der Waals surface area contributed by atoms with E-state index in [9.17, 15) is 9.59 Å². The summed E-state index contributed by atoms with van der Waals surface area (Å²) in [6.07, 6.45) is 4.69. The number of anilines is 2. The lowest BCUT2D eigenvalue weighted by Crippen LogP contribution is -2.17. The normalized spacial score (nSPS) is 10.5. The molecule has 3 aromatic rings. The van der Waals surface area contributed by atoms with Crippen LogP contribution in [0.2, 0.25) is 0 Å². The third-order valence-corrected chi connectivity index (χ3v) is 3.88. The highest BCUT2D eigenvalue weighted by molar-refractivity contribution is 6.11. The summed E-state index contributed by atoms with van der Waals surface area (Å²) in [5, 5.41) is 5.45. The summed E-state index contributed by atoms with van der Waals surface area (Å²) in [6.45, 7) is 0. The summed E-state index contributed by atoms with van der Waals surface area (Å²) < 4.78 is 5.11. The maximum absolute atomic E-state index is 12.5. The molecule has 0 aliphatic carbocycles. The van der Waals surface area contributed by atoms with Crippen LogP contribution in [0.15, 0.2) is 79.0 Å². The van der Waals surface area contributed by atoms with Crippen molar-refractivity contribution in [2.45, 2.75) is 0 Å². The van der Waals surface area contributed by atoms with Gasteiger partial charge in [-0.2, -0.15) is 0 Å². The van der Waals surface area contributed by atoms with Crippen molar-refractivity contribution < 1.29 is 14.3 Å². The van der Waals surface area contributed by atoms with E-state index in [1.807, 2.05) is 24.3 Å². The van der Waals surface area contributed by atoms with Crippen LogP contribution < -0.4 is 15.4 Å². The van der Waals surface area contributed by atoms with Crippen molar-refractivity contribution in [2.75, 3.05) is 17.7 Å². The van der Waals surface area contributed by atoms with Crippen molar-refractivity contribution in [2.24, 2.45) is 0 Å². The molecule has 0 radical (unpaired) electrons. The van der Waals surface area contributed by atoms with E-state index in [0.29, 0.717) is 17.1 Å². The molecule has 2 amide bonds. The second kappa shape index (κ2) is 9.14. The Labute approximate surface area is 162 Å². The number of carbonyl (C=O) groups is 2. The predicted molar refractivity (Wildman–Crippen MR) is 109 cm³/mol. The molecule has 0 spiro atoms. The Bertz CT molecular complexity index is 983. The molecule has 0 aliphatic rings. The lowest BCUT2D eigenvalue weighted by atomic mass is 10.1. The molecule has 0 unspecified atom stereocenters. The van der Waals surface area contributed by atoms with Gasteiger partial charge in [0.25, 0.3) is 5.91 Å². The van der Waals surface area contributed by atoms with E-state index in [1.54, 1.807) is 61.8 Å². The van der Waals surface area contributed by atoms with Gasteiger partial charge in [-0.15, -0.1) is 0 Å². The Morgan fingerprint density at radius 2 is 1.68 bits per heavy atom. The molecule has 0 bridgehead atoms. The van der Waals surface area contributed by atoms with E-state index >= 15 is 0 Å². The minimum atomic E-state index is -0.353. The zero-order valence-electron chi connectivity index (χ0n) is 15.3. The first-order valence-corrected chi connectivity index (χ1v) is 8.60. The molecule has 6 heteroatoms. The van der Waals surface area contributed by atoms with Crippen LogP contribution >= 0.6 is 0 Å². The topological polar surface area (TPSA) is 80.3 Å². The molecular weight excluding hydrogens is 354 g/mol. The van der Waals surface area contributed by atoms with Crippen LogP contribution in [0.4, 0.5) is 11.5 Å². The number of aromatic nitrogens is 1. The summed E-state index contributed by atoms with van der Waals surface area (Å²) in [5.41, 5.74) is 1.62. The van der Waals surface area contributed by atoms with Crippen LogP contribution in [0.1, 0.15) is 15.9 Å². The molecule has 1 heterocycles. The van der Waals surface area contributed by atoms with Crippen LogP contribution in [-0.4, -0.2) is 23.9 Å². The molecule has 0 fully saturated rings. The van der Waals surface area contributed by atoms with Crippen LogP contribution in [0, 0.1) is 0 Å². The van der Waals surface area contributed by atoms with Gasteiger partial charge < -0.3 is 15.4 Å². The fourth-order valence-corrected chi connectivity index (χ4v) is 2.47. The molecule has 2 N–H and O–H groups in total. The summed E-state index contributed by atoms with van der Waals surface area (Å²) in [6, 6.07) is 19.3. The minimum absolute atomic E-state index is 0.339. The van der Waals surface area contributed by atoms with Crippen molar-refractivity contribution in [1.29, 1.82) is 0 Å². The number of rotatable bonds is 6. The number of carbonyl (C=O) groups excluding carboxylic acids is 2. The Morgan fingerprint density at radius 1 is 0.929 bits per heavy atom. The third kappa shape index (κ3) is 5.04. The maximum atomic E-state index is 12.5. The van der Waals surface area contributed by atoms with Crippen molar-refractivity contribution in [3.8, 4) is 5.75 Å². The largest absolute Gasteiger partial charge is 0.497 e. The molecule has 2 aromatic carbocycles. The molecule has 140 valence electrons. The summed E-state index contributed by atoms with van der Waals surface area (Å²) in [7, 11) is 1.60. The molecule has 0 aliphatic heterocycles. The number of pyridine rings is 1. The number of para-hydroxylation sites is 1. The van der Waals surface area contributed by atoms with Gasteiger partial charge in [0.15, 0.2) is 0 Å². The quantitative estimate of drug-likeness (QED) is 0.640. The summed E-state index contributed by atoms with van der Waals surface area (Å²) in [5.74, 6) is 0.491. The molecule has 0 saturated heterocycles. The lowest BCUT2D eigenvalue weighted by molar-refractivity contribution is -0.111. The highest BCUT2D eigenvalue weighted by atomic mass is 16.5. The molecule has 28 heavy (non-hydrogen) atoms. The summed E-state index contributed by atoms with van der Waals surface area (Å²) >= 11 is 0. The first kappa shape index (κ1) is 18.8. The second-order valence-corrected chi connectivity index (χ2v) is 5.81. The van der Waals surface area contributed by atoms with E-state index in [0.717, 1.165) is 11.3 Å². The van der Waals surface area contributed by atoms with Crippen LogP contribution in [0.25, 0.3) is 6.08 Å². The number of benzene rings is 2. The van der Waals surface area contributed by atoms with Gasteiger partial charge in [0.2, 0.25) is 5.91 Å². The smallest absolute Gasteiger partial charge is 0.258 e. The van der Waals surface area contributed by atoms with E-state index < -0.39 is 0 Å². The average molecular weight is 373 g/mol. The Kier molecular flexibility index (Phi) is 6.15. The Balaban J connectivity index is 1.69. The first-order chi connectivity index (χ1) is 13.7. The van der Waals surface area contributed by atoms with Gasteiger partial charge in [-0.1, -0.05) is 30.3 Å². The van der Waals surface area contributed by atoms with Crippen LogP contribution in [0.3, 0.4) is 0 Å². The number of hydrogen-bond acceptors (Lipinski definition) is 4. The van der Waals surface area contributed by atoms with E-state index in [1.165, 1.54) is 6.08 Å². The van der Waals surface area contributed by atoms with Crippen molar-refractivity contribution in [3.05, 3.63) is 90.1 Å². The van der Waals surface area contributed by atoms with Gasteiger partial charge in [0.05, 0.1) is 18.4 Å². The molecule has 6 nitrogen and oxygen atoms in total. The van der Waals surface area contributed by atoms with Crippen molar-refractivity contribution >= 4 is 29.4 Å². The highest BCUT2D eigenvalue weighted by Crippen LogP contribution is 2.17. The van der Waals surface area contributed by atoms with Gasteiger partial charge >= 0.3 is 0 Å². The third-order valence-electron chi connectivity index (χ3n) is 3.88. The van der Waals surface area contributed by atoms with Gasteiger partial charge in [0.1, 0.15) is 11.6 Å².